The number of carbonyl (C=O) groups is 2. The molecule has 0 bridgehead atoms. The normalized spacial score (nSPS) is 24.1. The lowest BCUT2D eigenvalue weighted by atomic mass is 9.61. The molecule has 0 amide bonds. The Morgan fingerprint density at radius 1 is 1.23 bits per heavy atom. The van der Waals surface area contributed by atoms with Crippen LogP contribution in [0.1, 0.15) is 101 Å². The number of hydrogen-bond acceptors (Lipinski definition) is 3. The second-order valence-electron chi connectivity index (χ2n) is 9.25. The molecular formula is C26H36O4. The standard InChI is InChI=1S/C26H36O4/c1-2-16-26(17-7-18-26)25(30)20-12-10-19(11-13-20)21-14-15-23(27)22(21)8-5-3-4-6-9-24(28)29/h3,5,10-13,21-22,25,30H,2,4,6-9,14-18H2,1H3,(H,28,29)/b5-3-/t21-,22-,25+/m1/s1. The minimum atomic E-state index is -0.763. The molecule has 164 valence electrons. The summed E-state index contributed by atoms with van der Waals surface area (Å²) in [4.78, 5) is 23.0. The third-order valence-corrected chi connectivity index (χ3v) is 7.28. The van der Waals surface area contributed by atoms with Crippen LogP contribution in [0.3, 0.4) is 0 Å². The average molecular weight is 413 g/mol. The van der Waals surface area contributed by atoms with Crippen molar-refractivity contribution in [3.8, 4) is 0 Å². The fourth-order valence-electron chi connectivity index (χ4n) is 5.40. The van der Waals surface area contributed by atoms with Gasteiger partial charge in [0.2, 0.25) is 0 Å². The summed E-state index contributed by atoms with van der Waals surface area (Å²) in [5, 5.41) is 19.7. The number of carbonyl (C=O) groups excluding carboxylic acids is 1. The second-order valence-corrected chi connectivity index (χ2v) is 9.25. The Hall–Kier alpha value is -1.94. The van der Waals surface area contributed by atoms with Gasteiger partial charge in [0, 0.05) is 24.2 Å². The Labute approximate surface area is 180 Å². The molecule has 0 heterocycles. The van der Waals surface area contributed by atoms with Crippen molar-refractivity contribution in [2.24, 2.45) is 11.3 Å². The van der Waals surface area contributed by atoms with E-state index in [0.717, 1.165) is 50.5 Å². The molecule has 3 rings (SSSR count). The summed E-state index contributed by atoms with van der Waals surface area (Å²) < 4.78 is 0. The van der Waals surface area contributed by atoms with Crippen molar-refractivity contribution in [3.63, 3.8) is 0 Å². The van der Waals surface area contributed by atoms with Gasteiger partial charge in [-0.05, 0) is 62.0 Å². The van der Waals surface area contributed by atoms with Gasteiger partial charge in [0.25, 0.3) is 0 Å². The van der Waals surface area contributed by atoms with E-state index < -0.39 is 12.1 Å². The Bertz CT molecular complexity index is 745. The molecule has 2 aliphatic carbocycles. The molecule has 0 aromatic heterocycles. The number of carboxylic acid groups (broad SMARTS) is 1. The molecule has 0 unspecified atom stereocenters. The maximum Gasteiger partial charge on any atom is 0.303 e. The largest absolute Gasteiger partial charge is 0.481 e. The van der Waals surface area contributed by atoms with Crippen molar-refractivity contribution in [1.82, 2.24) is 0 Å². The van der Waals surface area contributed by atoms with Crippen LogP contribution in [0.4, 0.5) is 0 Å². The molecule has 0 radical (unpaired) electrons. The number of aliphatic hydroxyl groups excluding tert-OH is 1. The first-order valence-corrected chi connectivity index (χ1v) is 11.6. The van der Waals surface area contributed by atoms with Crippen molar-refractivity contribution in [2.75, 3.05) is 0 Å². The first-order valence-electron chi connectivity index (χ1n) is 11.6. The number of ketones is 1. The molecule has 3 atom stereocenters. The van der Waals surface area contributed by atoms with E-state index in [4.69, 9.17) is 5.11 Å². The molecule has 2 aliphatic rings. The number of benzene rings is 1. The Morgan fingerprint density at radius 2 is 1.97 bits per heavy atom. The van der Waals surface area contributed by atoms with Crippen LogP contribution in [-0.4, -0.2) is 22.0 Å². The van der Waals surface area contributed by atoms with E-state index >= 15 is 0 Å². The molecule has 2 saturated carbocycles. The summed E-state index contributed by atoms with van der Waals surface area (Å²) in [5.41, 5.74) is 2.26. The molecule has 2 N–H and O–H groups in total. The van der Waals surface area contributed by atoms with Crippen LogP contribution < -0.4 is 0 Å². The topological polar surface area (TPSA) is 74.6 Å². The highest BCUT2D eigenvalue weighted by Crippen LogP contribution is 2.53. The van der Waals surface area contributed by atoms with Gasteiger partial charge in [-0.2, -0.15) is 0 Å². The number of allylic oxidation sites excluding steroid dienone is 2. The molecule has 2 fully saturated rings. The first kappa shape index (κ1) is 22.7. The summed E-state index contributed by atoms with van der Waals surface area (Å²) in [6, 6.07) is 8.36. The molecule has 1 aromatic rings. The minimum absolute atomic E-state index is 0.00885. The van der Waals surface area contributed by atoms with Crippen LogP contribution >= 0.6 is 0 Å². The van der Waals surface area contributed by atoms with Crippen molar-refractivity contribution in [1.29, 1.82) is 0 Å². The van der Waals surface area contributed by atoms with Crippen LogP contribution in [0, 0.1) is 11.3 Å². The van der Waals surface area contributed by atoms with E-state index in [1.165, 1.54) is 12.0 Å². The van der Waals surface area contributed by atoms with Gasteiger partial charge in [0.1, 0.15) is 5.78 Å². The van der Waals surface area contributed by atoms with E-state index in [-0.39, 0.29) is 23.7 Å². The summed E-state index contributed by atoms with van der Waals surface area (Å²) in [7, 11) is 0. The van der Waals surface area contributed by atoms with Gasteiger partial charge in [-0.1, -0.05) is 56.2 Å². The molecule has 0 spiro atoms. The molecule has 0 saturated heterocycles. The quantitative estimate of drug-likeness (QED) is 0.348. The predicted octanol–water partition coefficient (Wildman–Crippen LogP) is 5.95. The highest BCUT2D eigenvalue weighted by atomic mass is 16.4. The first-order chi connectivity index (χ1) is 14.5. The van der Waals surface area contributed by atoms with Gasteiger partial charge in [-0.25, -0.2) is 0 Å². The average Bonchev–Trinajstić information content (AvgIpc) is 3.07. The van der Waals surface area contributed by atoms with E-state index in [1.807, 2.05) is 12.2 Å². The minimum Gasteiger partial charge on any atom is -0.481 e. The molecule has 0 aliphatic heterocycles. The summed E-state index contributed by atoms with van der Waals surface area (Å²) in [5.74, 6) is -0.188. The van der Waals surface area contributed by atoms with Gasteiger partial charge in [-0.3, -0.25) is 9.59 Å². The van der Waals surface area contributed by atoms with E-state index in [9.17, 15) is 14.7 Å². The Balaban J connectivity index is 1.61. The van der Waals surface area contributed by atoms with E-state index in [1.54, 1.807) is 0 Å². The van der Waals surface area contributed by atoms with Crippen molar-refractivity contribution in [2.45, 2.75) is 89.6 Å². The SMILES string of the molecule is CCCC1([C@@H](O)c2ccc([C@H]3CCC(=O)[C@@H]3C/C=C\CCCC(=O)O)cc2)CCC1. The van der Waals surface area contributed by atoms with Crippen molar-refractivity contribution < 1.29 is 19.8 Å². The number of rotatable bonds is 11. The van der Waals surface area contributed by atoms with Crippen LogP contribution in [0.5, 0.6) is 0 Å². The van der Waals surface area contributed by atoms with Gasteiger partial charge in [0.05, 0.1) is 6.10 Å². The van der Waals surface area contributed by atoms with Gasteiger partial charge >= 0.3 is 5.97 Å². The zero-order chi connectivity index (χ0) is 21.6. The predicted molar refractivity (Wildman–Crippen MR) is 118 cm³/mol. The van der Waals surface area contributed by atoms with Crippen LogP contribution in [0.15, 0.2) is 36.4 Å². The summed E-state index contributed by atoms with van der Waals surface area (Å²) in [6.07, 6.45) is 13.1. The lowest BCUT2D eigenvalue weighted by molar-refractivity contribution is -0.137. The zero-order valence-electron chi connectivity index (χ0n) is 18.2. The fourth-order valence-corrected chi connectivity index (χ4v) is 5.40. The van der Waals surface area contributed by atoms with Gasteiger partial charge in [0.15, 0.2) is 0 Å². The van der Waals surface area contributed by atoms with Crippen LogP contribution in [0.25, 0.3) is 0 Å². The maximum atomic E-state index is 12.4. The van der Waals surface area contributed by atoms with E-state index in [0.29, 0.717) is 18.6 Å². The fraction of sp³-hybridized carbons (Fsp3) is 0.615. The van der Waals surface area contributed by atoms with Crippen molar-refractivity contribution in [3.05, 3.63) is 47.5 Å². The highest BCUT2D eigenvalue weighted by Gasteiger charge is 2.43. The second kappa shape index (κ2) is 10.4. The lowest BCUT2D eigenvalue weighted by Gasteiger charge is -2.46. The number of aliphatic hydroxyl groups is 1. The lowest BCUT2D eigenvalue weighted by Crippen LogP contribution is -2.36. The summed E-state index contributed by atoms with van der Waals surface area (Å²) >= 11 is 0. The molecule has 1 aromatic carbocycles. The van der Waals surface area contributed by atoms with Crippen molar-refractivity contribution >= 4 is 11.8 Å². The monoisotopic (exact) mass is 412 g/mol. The zero-order valence-corrected chi connectivity index (χ0v) is 18.2. The van der Waals surface area contributed by atoms with Crippen LogP contribution in [0.2, 0.25) is 0 Å². The number of unbranched alkanes of at least 4 members (excludes halogenated alkanes) is 1. The third kappa shape index (κ3) is 5.21. The summed E-state index contributed by atoms with van der Waals surface area (Å²) in [6.45, 7) is 2.19. The van der Waals surface area contributed by atoms with Gasteiger partial charge < -0.3 is 10.2 Å². The number of hydrogen-bond donors (Lipinski definition) is 2. The Kier molecular flexibility index (Phi) is 7.87. The number of carboxylic acids is 1. The Morgan fingerprint density at radius 3 is 2.57 bits per heavy atom. The smallest absolute Gasteiger partial charge is 0.303 e. The molecular weight excluding hydrogens is 376 g/mol. The van der Waals surface area contributed by atoms with Crippen LogP contribution in [-0.2, 0) is 9.59 Å². The molecule has 4 heteroatoms. The van der Waals surface area contributed by atoms with E-state index in [2.05, 4.69) is 31.2 Å². The third-order valence-electron chi connectivity index (χ3n) is 7.28. The highest BCUT2D eigenvalue weighted by molar-refractivity contribution is 5.84. The number of Topliss-reactive ketones (excluding diaryl/α,β-unsaturated/α-hetero) is 1. The molecule has 4 nitrogen and oxygen atoms in total. The van der Waals surface area contributed by atoms with Gasteiger partial charge in [-0.15, -0.1) is 0 Å². The number of aliphatic carboxylic acids is 1. The molecule has 30 heavy (non-hydrogen) atoms. The maximum absolute atomic E-state index is 12.4.